The zero-order valence-corrected chi connectivity index (χ0v) is 19.2. The lowest BCUT2D eigenvalue weighted by Crippen LogP contribution is -2.56. The van der Waals surface area contributed by atoms with Gasteiger partial charge in [-0.3, -0.25) is 9.59 Å². The fourth-order valence-corrected chi connectivity index (χ4v) is 5.56. The number of rotatable bonds is 5. The van der Waals surface area contributed by atoms with Crippen molar-refractivity contribution in [3.63, 3.8) is 0 Å². The Hall–Kier alpha value is -1.92. The standard InChI is InChI=1S/C25H38N4O2/c1-26-13-9-23(10-14-26)29(24-11-15-27(2)16-12-24)25(31)21-7-17-28(18-8-21)22-5-3-20(19-30)4-6-22/h3-6,19,21,23-24H,7-18H2,1-2H3. The van der Waals surface area contributed by atoms with E-state index >= 15 is 0 Å². The molecule has 0 atom stereocenters. The van der Waals surface area contributed by atoms with Crippen LogP contribution in [0.1, 0.15) is 48.9 Å². The highest BCUT2D eigenvalue weighted by Gasteiger charge is 2.38. The molecule has 0 saturated carbocycles. The van der Waals surface area contributed by atoms with Gasteiger partial charge in [-0.1, -0.05) is 0 Å². The van der Waals surface area contributed by atoms with Gasteiger partial charge in [-0.25, -0.2) is 0 Å². The molecule has 0 spiro atoms. The van der Waals surface area contributed by atoms with Crippen molar-refractivity contribution in [2.45, 2.75) is 50.6 Å². The molecule has 0 radical (unpaired) electrons. The zero-order valence-electron chi connectivity index (χ0n) is 19.2. The summed E-state index contributed by atoms with van der Waals surface area (Å²) in [5, 5.41) is 0. The molecule has 4 rings (SSSR count). The molecule has 3 heterocycles. The molecule has 0 bridgehead atoms. The van der Waals surface area contributed by atoms with Gasteiger partial charge in [0.05, 0.1) is 0 Å². The normalized spacial score (nSPS) is 23.1. The van der Waals surface area contributed by atoms with Gasteiger partial charge in [0.25, 0.3) is 0 Å². The first kappa shape index (κ1) is 22.3. The summed E-state index contributed by atoms with van der Waals surface area (Å²) in [6.07, 6.45) is 7.16. The maximum Gasteiger partial charge on any atom is 0.226 e. The van der Waals surface area contributed by atoms with Crippen molar-refractivity contribution in [2.75, 3.05) is 58.3 Å². The molecule has 0 unspecified atom stereocenters. The van der Waals surface area contributed by atoms with Crippen LogP contribution in [0.4, 0.5) is 5.69 Å². The Labute approximate surface area is 187 Å². The highest BCUT2D eigenvalue weighted by atomic mass is 16.2. The molecule has 3 aliphatic rings. The molecule has 1 amide bonds. The second-order valence-corrected chi connectivity index (χ2v) is 9.79. The van der Waals surface area contributed by atoms with Crippen LogP contribution in [-0.4, -0.2) is 92.3 Å². The number of carbonyl (C=O) groups is 2. The molecule has 3 aliphatic heterocycles. The van der Waals surface area contributed by atoms with E-state index < -0.39 is 0 Å². The predicted octanol–water partition coefficient (Wildman–Crippen LogP) is 2.73. The van der Waals surface area contributed by atoms with Crippen molar-refractivity contribution < 1.29 is 9.59 Å². The highest BCUT2D eigenvalue weighted by Crippen LogP contribution is 2.30. The lowest BCUT2D eigenvalue weighted by atomic mass is 9.90. The van der Waals surface area contributed by atoms with Crippen LogP contribution < -0.4 is 4.90 Å². The zero-order chi connectivity index (χ0) is 21.8. The summed E-state index contributed by atoms with van der Waals surface area (Å²) in [5.74, 6) is 0.560. The number of anilines is 1. The van der Waals surface area contributed by atoms with Crippen LogP contribution in [0.25, 0.3) is 0 Å². The topological polar surface area (TPSA) is 47.1 Å². The van der Waals surface area contributed by atoms with Crippen LogP contribution in [0.15, 0.2) is 24.3 Å². The molecule has 1 aromatic carbocycles. The van der Waals surface area contributed by atoms with Crippen molar-refractivity contribution in [1.82, 2.24) is 14.7 Å². The summed E-state index contributed by atoms with van der Waals surface area (Å²) < 4.78 is 0. The molecule has 170 valence electrons. The van der Waals surface area contributed by atoms with E-state index in [1.807, 2.05) is 24.3 Å². The first-order chi connectivity index (χ1) is 15.0. The van der Waals surface area contributed by atoms with E-state index in [2.05, 4.69) is 33.7 Å². The summed E-state index contributed by atoms with van der Waals surface area (Å²) in [7, 11) is 4.38. The Bertz CT molecular complexity index is 706. The Morgan fingerprint density at radius 2 is 1.29 bits per heavy atom. The largest absolute Gasteiger partial charge is 0.371 e. The SMILES string of the molecule is CN1CCC(N(C(=O)C2CCN(c3ccc(C=O)cc3)CC2)C2CCN(C)CC2)CC1. The maximum absolute atomic E-state index is 13.8. The van der Waals surface area contributed by atoms with Crippen LogP contribution in [0.3, 0.4) is 0 Å². The van der Waals surface area contributed by atoms with E-state index in [4.69, 9.17) is 0 Å². The third kappa shape index (κ3) is 5.29. The smallest absolute Gasteiger partial charge is 0.226 e. The molecule has 0 aromatic heterocycles. The molecular weight excluding hydrogens is 388 g/mol. The average molecular weight is 427 g/mol. The summed E-state index contributed by atoms with van der Waals surface area (Å²) >= 11 is 0. The molecular formula is C25H38N4O2. The van der Waals surface area contributed by atoms with E-state index in [1.165, 1.54) is 0 Å². The van der Waals surface area contributed by atoms with E-state index in [0.717, 1.165) is 89.8 Å². The second kappa shape index (κ2) is 10.1. The molecule has 1 aromatic rings. The predicted molar refractivity (Wildman–Crippen MR) is 125 cm³/mol. The van der Waals surface area contributed by atoms with E-state index in [1.54, 1.807) is 0 Å². The van der Waals surface area contributed by atoms with Gasteiger partial charge in [-0.2, -0.15) is 0 Å². The van der Waals surface area contributed by atoms with Crippen molar-refractivity contribution in [1.29, 1.82) is 0 Å². The number of likely N-dealkylation sites (tertiary alicyclic amines) is 2. The first-order valence-corrected chi connectivity index (χ1v) is 12.0. The quantitative estimate of drug-likeness (QED) is 0.678. The van der Waals surface area contributed by atoms with Gasteiger partial charge in [-0.15, -0.1) is 0 Å². The third-order valence-corrected chi connectivity index (χ3v) is 7.66. The number of amides is 1. The average Bonchev–Trinajstić information content (AvgIpc) is 2.82. The van der Waals surface area contributed by atoms with Gasteiger partial charge in [0, 0.05) is 42.3 Å². The minimum absolute atomic E-state index is 0.143. The van der Waals surface area contributed by atoms with Crippen LogP contribution in [0, 0.1) is 5.92 Å². The molecule has 3 saturated heterocycles. The molecule has 0 aliphatic carbocycles. The van der Waals surface area contributed by atoms with Crippen molar-refractivity contribution in [3.05, 3.63) is 29.8 Å². The third-order valence-electron chi connectivity index (χ3n) is 7.66. The Morgan fingerprint density at radius 1 is 0.806 bits per heavy atom. The molecule has 31 heavy (non-hydrogen) atoms. The molecule has 6 heteroatoms. The number of hydrogen-bond donors (Lipinski definition) is 0. The number of nitrogens with zero attached hydrogens (tertiary/aromatic N) is 4. The second-order valence-electron chi connectivity index (χ2n) is 9.79. The van der Waals surface area contributed by atoms with E-state index in [-0.39, 0.29) is 5.92 Å². The summed E-state index contributed by atoms with van der Waals surface area (Å²) in [4.78, 5) is 34.2. The Balaban J connectivity index is 1.41. The molecule has 6 nitrogen and oxygen atoms in total. The molecule has 0 N–H and O–H groups in total. The first-order valence-electron chi connectivity index (χ1n) is 12.0. The van der Waals surface area contributed by atoms with Gasteiger partial charge < -0.3 is 19.6 Å². The van der Waals surface area contributed by atoms with Gasteiger partial charge in [0.2, 0.25) is 5.91 Å². The minimum Gasteiger partial charge on any atom is -0.371 e. The lowest BCUT2D eigenvalue weighted by Gasteiger charge is -2.46. The van der Waals surface area contributed by atoms with Crippen LogP contribution in [0.5, 0.6) is 0 Å². The number of benzene rings is 1. The van der Waals surface area contributed by atoms with E-state index in [9.17, 15) is 9.59 Å². The summed E-state index contributed by atoms with van der Waals surface area (Å²) in [6.45, 7) is 6.19. The van der Waals surface area contributed by atoms with Crippen LogP contribution >= 0.6 is 0 Å². The number of aldehydes is 1. The monoisotopic (exact) mass is 426 g/mol. The van der Waals surface area contributed by atoms with Gasteiger partial charge in [0.1, 0.15) is 6.29 Å². The summed E-state index contributed by atoms with van der Waals surface area (Å²) in [6, 6.07) is 8.62. The van der Waals surface area contributed by atoms with Gasteiger partial charge >= 0.3 is 0 Å². The fourth-order valence-electron chi connectivity index (χ4n) is 5.56. The highest BCUT2D eigenvalue weighted by molar-refractivity contribution is 5.80. The maximum atomic E-state index is 13.8. The van der Waals surface area contributed by atoms with Crippen LogP contribution in [0.2, 0.25) is 0 Å². The number of carbonyl (C=O) groups excluding carboxylic acids is 2. The number of hydrogen-bond acceptors (Lipinski definition) is 5. The number of piperidine rings is 3. The fraction of sp³-hybridized carbons (Fsp3) is 0.680. The van der Waals surface area contributed by atoms with Crippen molar-refractivity contribution >= 4 is 17.9 Å². The Morgan fingerprint density at radius 3 is 1.74 bits per heavy atom. The minimum atomic E-state index is 0.143. The lowest BCUT2D eigenvalue weighted by molar-refractivity contribution is -0.143. The Kier molecular flexibility index (Phi) is 7.28. The van der Waals surface area contributed by atoms with E-state index in [0.29, 0.717) is 23.6 Å². The van der Waals surface area contributed by atoms with Gasteiger partial charge in [0.15, 0.2) is 0 Å². The molecule has 3 fully saturated rings. The van der Waals surface area contributed by atoms with Gasteiger partial charge in [-0.05, 0) is 103 Å². The van der Waals surface area contributed by atoms with Crippen molar-refractivity contribution in [2.24, 2.45) is 5.92 Å². The van der Waals surface area contributed by atoms with Crippen molar-refractivity contribution in [3.8, 4) is 0 Å². The van der Waals surface area contributed by atoms with Crippen LogP contribution in [-0.2, 0) is 4.79 Å². The summed E-state index contributed by atoms with van der Waals surface area (Å²) in [5.41, 5.74) is 1.86.